The molecule has 20 heavy (non-hydrogen) atoms. The van der Waals surface area contributed by atoms with E-state index >= 15 is 0 Å². The fraction of sp³-hybridized carbons (Fsp3) is 0.529. The largest absolute Gasteiger partial charge is 0.492 e. The summed E-state index contributed by atoms with van der Waals surface area (Å²) < 4.78 is 5.88. The highest BCUT2D eigenvalue weighted by Gasteiger charge is 2.08. The molecule has 0 unspecified atom stereocenters. The van der Waals surface area contributed by atoms with Crippen LogP contribution in [-0.2, 0) is 6.54 Å². The smallest absolute Gasteiger partial charge is 0.142 e. The molecule has 1 aromatic rings. The van der Waals surface area contributed by atoms with Crippen molar-refractivity contribution < 1.29 is 4.74 Å². The maximum atomic E-state index is 6.24. The van der Waals surface area contributed by atoms with Crippen LogP contribution < -0.4 is 10.1 Å². The standard InChI is InChI=1S/C17H26ClNO/c1-4-5-6-7-8-12-20-17-15(13-19-14(2)3)10-9-11-16(17)18/h4,9-11,14,19H,1,5-8,12-13H2,2-3H3. The minimum atomic E-state index is 0.445. The lowest BCUT2D eigenvalue weighted by Crippen LogP contribution is -2.22. The van der Waals surface area contributed by atoms with Crippen molar-refractivity contribution in [1.29, 1.82) is 0 Å². The number of ether oxygens (including phenoxy) is 1. The Kier molecular flexibility index (Phi) is 8.40. The predicted molar refractivity (Wildman–Crippen MR) is 87.6 cm³/mol. The second-order valence-electron chi connectivity index (χ2n) is 5.25. The maximum Gasteiger partial charge on any atom is 0.142 e. The lowest BCUT2D eigenvalue weighted by Gasteiger charge is -2.15. The summed E-state index contributed by atoms with van der Waals surface area (Å²) in [6.07, 6.45) is 6.43. The van der Waals surface area contributed by atoms with Crippen LogP contribution in [0.25, 0.3) is 0 Å². The zero-order chi connectivity index (χ0) is 14.8. The van der Waals surface area contributed by atoms with Gasteiger partial charge in [-0.2, -0.15) is 0 Å². The minimum absolute atomic E-state index is 0.445. The van der Waals surface area contributed by atoms with E-state index in [9.17, 15) is 0 Å². The molecule has 1 N–H and O–H groups in total. The van der Waals surface area contributed by atoms with Crippen molar-refractivity contribution in [1.82, 2.24) is 5.32 Å². The Balaban J connectivity index is 2.48. The van der Waals surface area contributed by atoms with E-state index in [2.05, 4.69) is 31.8 Å². The molecule has 2 nitrogen and oxygen atoms in total. The molecule has 0 aromatic heterocycles. The summed E-state index contributed by atoms with van der Waals surface area (Å²) in [5, 5.41) is 4.09. The molecule has 0 spiro atoms. The summed E-state index contributed by atoms with van der Waals surface area (Å²) in [7, 11) is 0. The van der Waals surface area contributed by atoms with Crippen molar-refractivity contribution in [3.8, 4) is 5.75 Å². The summed E-state index contributed by atoms with van der Waals surface area (Å²) in [6, 6.07) is 6.36. The summed E-state index contributed by atoms with van der Waals surface area (Å²) in [5.41, 5.74) is 1.12. The van der Waals surface area contributed by atoms with E-state index in [1.54, 1.807) is 0 Å². The first-order valence-electron chi connectivity index (χ1n) is 7.39. The minimum Gasteiger partial charge on any atom is -0.492 e. The zero-order valence-corrected chi connectivity index (χ0v) is 13.4. The van der Waals surface area contributed by atoms with Gasteiger partial charge < -0.3 is 10.1 Å². The fourth-order valence-corrected chi connectivity index (χ4v) is 2.16. The van der Waals surface area contributed by atoms with Crippen LogP contribution in [0.5, 0.6) is 5.75 Å². The second-order valence-corrected chi connectivity index (χ2v) is 5.66. The number of unbranched alkanes of at least 4 members (excludes halogenated alkanes) is 3. The van der Waals surface area contributed by atoms with Gasteiger partial charge in [-0.1, -0.05) is 43.7 Å². The molecular weight excluding hydrogens is 270 g/mol. The van der Waals surface area contributed by atoms with Gasteiger partial charge in [-0.25, -0.2) is 0 Å². The Morgan fingerprint density at radius 3 is 2.80 bits per heavy atom. The molecule has 0 radical (unpaired) electrons. The van der Waals surface area contributed by atoms with Gasteiger partial charge in [0.25, 0.3) is 0 Å². The quantitative estimate of drug-likeness (QED) is 0.486. The van der Waals surface area contributed by atoms with Gasteiger partial charge in [0.2, 0.25) is 0 Å². The molecular formula is C17H26ClNO. The van der Waals surface area contributed by atoms with Crippen molar-refractivity contribution in [3.05, 3.63) is 41.4 Å². The molecule has 0 atom stereocenters. The topological polar surface area (TPSA) is 21.3 Å². The van der Waals surface area contributed by atoms with Crippen LogP contribution in [0.1, 0.15) is 45.1 Å². The maximum absolute atomic E-state index is 6.24. The molecule has 0 aliphatic carbocycles. The highest BCUT2D eigenvalue weighted by Crippen LogP contribution is 2.29. The van der Waals surface area contributed by atoms with Crippen LogP contribution in [0.2, 0.25) is 5.02 Å². The van der Waals surface area contributed by atoms with E-state index in [4.69, 9.17) is 16.3 Å². The number of hydrogen-bond donors (Lipinski definition) is 1. The molecule has 0 bridgehead atoms. The molecule has 0 fully saturated rings. The first-order valence-corrected chi connectivity index (χ1v) is 7.77. The first kappa shape index (κ1) is 17.1. The van der Waals surface area contributed by atoms with Gasteiger partial charge in [0, 0.05) is 18.2 Å². The van der Waals surface area contributed by atoms with Crippen LogP contribution in [0.15, 0.2) is 30.9 Å². The molecule has 0 saturated heterocycles. The molecule has 0 saturated carbocycles. The van der Waals surface area contributed by atoms with Crippen molar-refractivity contribution >= 4 is 11.6 Å². The lowest BCUT2D eigenvalue weighted by molar-refractivity contribution is 0.301. The average Bonchev–Trinajstić information content (AvgIpc) is 2.42. The molecule has 0 amide bonds. The van der Waals surface area contributed by atoms with E-state index in [-0.39, 0.29) is 0 Å². The summed E-state index contributed by atoms with van der Waals surface area (Å²) in [5.74, 6) is 0.825. The van der Waals surface area contributed by atoms with Gasteiger partial charge in [0.1, 0.15) is 5.75 Å². The van der Waals surface area contributed by atoms with Gasteiger partial charge in [-0.05, 0) is 31.7 Å². The second kappa shape index (κ2) is 9.84. The van der Waals surface area contributed by atoms with Crippen molar-refractivity contribution in [3.63, 3.8) is 0 Å². The third-order valence-electron chi connectivity index (χ3n) is 3.05. The molecule has 0 aliphatic rings. The van der Waals surface area contributed by atoms with Crippen LogP contribution in [0.3, 0.4) is 0 Å². The van der Waals surface area contributed by atoms with Gasteiger partial charge in [0.05, 0.1) is 11.6 Å². The van der Waals surface area contributed by atoms with Gasteiger partial charge in [-0.15, -0.1) is 6.58 Å². The van der Waals surface area contributed by atoms with Gasteiger partial charge in [0.15, 0.2) is 0 Å². The van der Waals surface area contributed by atoms with Crippen molar-refractivity contribution in [2.24, 2.45) is 0 Å². The number of nitrogens with one attached hydrogen (secondary N) is 1. The average molecular weight is 296 g/mol. The number of allylic oxidation sites excluding steroid dienone is 1. The molecule has 0 aliphatic heterocycles. The number of hydrogen-bond acceptors (Lipinski definition) is 2. The Hall–Kier alpha value is -0.990. The van der Waals surface area contributed by atoms with E-state index in [1.807, 2.05) is 18.2 Å². The SMILES string of the molecule is C=CCCCCCOc1c(Cl)cccc1CNC(C)C. The van der Waals surface area contributed by atoms with Crippen molar-refractivity contribution in [2.45, 2.75) is 52.1 Å². The number of para-hydroxylation sites is 1. The Labute approximate surface area is 128 Å². The van der Waals surface area contributed by atoms with Gasteiger partial charge in [-0.3, -0.25) is 0 Å². The summed E-state index contributed by atoms with van der Waals surface area (Å²) in [6.45, 7) is 9.49. The van der Waals surface area contributed by atoms with E-state index < -0.39 is 0 Å². The Morgan fingerprint density at radius 2 is 2.10 bits per heavy atom. The molecule has 3 heteroatoms. The predicted octanol–water partition coefficient (Wildman–Crippen LogP) is 4.96. The van der Waals surface area contributed by atoms with Crippen LogP contribution in [-0.4, -0.2) is 12.6 Å². The summed E-state index contributed by atoms with van der Waals surface area (Å²) in [4.78, 5) is 0. The summed E-state index contributed by atoms with van der Waals surface area (Å²) >= 11 is 6.24. The van der Waals surface area contributed by atoms with E-state index in [0.29, 0.717) is 11.1 Å². The number of benzene rings is 1. The fourth-order valence-electron chi connectivity index (χ4n) is 1.91. The van der Waals surface area contributed by atoms with Crippen LogP contribution in [0, 0.1) is 0 Å². The highest BCUT2D eigenvalue weighted by molar-refractivity contribution is 6.32. The number of halogens is 1. The third-order valence-corrected chi connectivity index (χ3v) is 3.35. The first-order chi connectivity index (χ1) is 9.65. The monoisotopic (exact) mass is 295 g/mol. The number of rotatable bonds is 10. The molecule has 0 heterocycles. The molecule has 112 valence electrons. The molecule has 1 aromatic carbocycles. The lowest BCUT2D eigenvalue weighted by atomic mass is 10.2. The van der Waals surface area contributed by atoms with Crippen LogP contribution >= 0.6 is 11.6 Å². The Bertz CT molecular complexity index is 404. The van der Waals surface area contributed by atoms with Crippen molar-refractivity contribution in [2.75, 3.05) is 6.61 Å². The Morgan fingerprint density at radius 1 is 1.30 bits per heavy atom. The van der Waals surface area contributed by atoms with Crippen LogP contribution in [0.4, 0.5) is 0 Å². The molecule has 1 rings (SSSR count). The highest BCUT2D eigenvalue weighted by atomic mass is 35.5. The van der Waals surface area contributed by atoms with Gasteiger partial charge >= 0.3 is 0 Å². The normalized spacial score (nSPS) is 10.8. The van der Waals surface area contributed by atoms with E-state index in [0.717, 1.165) is 43.7 Å². The van der Waals surface area contributed by atoms with E-state index in [1.165, 1.54) is 6.42 Å². The third kappa shape index (κ3) is 6.44. The zero-order valence-electron chi connectivity index (χ0n) is 12.6.